The van der Waals surface area contributed by atoms with Crippen LogP contribution >= 0.6 is 0 Å². The first-order chi connectivity index (χ1) is 8.92. The SMILES string of the molecule is CCNc1cc(C(=O)NCC2CC2(C)C)cc(C)n1. The molecule has 4 nitrogen and oxygen atoms in total. The second-order valence-electron chi connectivity index (χ2n) is 6.01. The Morgan fingerprint density at radius 2 is 2.16 bits per heavy atom. The zero-order chi connectivity index (χ0) is 14.0. The van der Waals surface area contributed by atoms with Gasteiger partial charge in [-0.2, -0.15) is 0 Å². The molecule has 1 aromatic rings. The third-order valence-electron chi connectivity index (χ3n) is 3.80. The number of anilines is 1. The van der Waals surface area contributed by atoms with Gasteiger partial charge in [0.05, 0.1) is 0 Å². The molecule has 0 bridgehead atoms. The van der Waals surface area contributed by atoms with Gasteiger partial charge >= 0.3 is 0 Å². The summed E-state index contributed by atoms with van der Waals surface area (Å²) >= 11 is 0. The third kappa shape index (κ3) is 3.46. The largest absolute Gasteiger partial charge is 0.370 e. The summed E-state index contributed by atoms with van der Waals surface area (Å²) in [5, 5.41) is 6.16. The molecule has 1 aliphatic rings. The van der Waals surface area contributed by atoms with Crippen molar-refractivity contribution in [2.45, 2.75) is 34.1 Å². The topological polar surface area (TPSA) is 54.0 Å². The Morgan fingerprint density at radius 3 is 2.74 bits per heavy atom. The van der Waals surface area contributed by atoms with Crippen LogP contribution in [0.5, 0.6) is 0 Å². The van der Waals surface area contributed by atoms with Crippen molar-refractivity contribution in [3.05, 3.63) is 23.4 Å². The molecular formula is C15H23N3O. The van der Waals surface area contributed by atoms with Gasteiger partial charge in [0.2, 0.25) is 0 Å². The third-order valence-corrected chi connectivity index (χ3v) is 3.80. The van der Waals surface area contributed by atoms with E-state index < -0.39 is 0 Å². The molecule has 1 atom stereocenters. The van der Waals surface area contributed by atoms with Gasteiger partial charge in [-0.1, -0.05) is 13.8 Å². The number of nitrogens with one attached hydrogen (secondary N) is 2. The average molecular weight is 261 g/mol. The van der Waals surface area contributed by atoms with Crippen molar-refractivity contribution in [2.24, 2.45) is 11.3 Å². The van der Waals surface area contributed by atoms with E-state index in [1.807, 2.05) is 26.0 Å². The molecule has 1 aliphatic carbocycles. The van der Waals surface area contributed by atoms with Crippen LogP contribution in [-0.2, 0) is 0 Å². The van der Waals surface area contributed by atoms with Crippen molar-refractivity contribution >= 4 is 11.7 Å². The maximum Gasteiger partial charge on any atom is 0.251 e. The molecule has 2 N–H and O–H groups in total. The van der Waals surface area contributed by atoms with Gasteiger partial charge in [-0.25, -0.2) is 4.98 Å². The van der Waals surface area contributed by atoms with Gasteiger partial charge in [0.1, 0.15) is 5.82 Å². The van der Waals surface area contributed by atoms with Gasteiger partial charge in [0.15, 0.2) is 0 Å². The molecule has 0 aliphatic heterocycles. The average Bonchev–Trinajstić information content (AvgIpc) is 2.94. The molecule has 0 aromatic carbocycles. The van der Waals surface area contributed by atoms with E-state index in [1.54, 1.807) is 0 Å². The van der Waals surface area contributed by atoms with Crippen LogP contribution in [-0.4, -0.2) is 24.0 Å². The van der Waals surface area contributed by atoms with E-state index in [1.165, 1.54) is 6.42 Å². The molecule has 0 saturated heterocycles. The number of amides is 1. The van der Waals surface area contributed by atoms with Crippen LogP contribution in [0.15, 0.2) is 12.1 Å². The van der Waals surface area contributed by atoms with Crippen molar-refractivity contribution in [3.8, 4) is 0 Å². The number of aromatic nitrogens is 1. The summed E-state index contributed by atoms with van der Waals surface area (Å²) in [5.41, 5.74) is 1.94. The molecule has 1 amide bonds. The molecule has 19 heavy (non-hydrogen) atoms. The highest BCUT2D eigenvalue weighted by Gasteiger charge is 2.45. The Hall–Kier alpha value is -1.58. The predicted octanol–water partition coefficient (Wildman–Crippen LogP) is 2.60. The van der Waals surface area contributed by atoms with E-state index in [0.717, 1.165) is 24.6 Å². The second kappa shape index (κ2) is 5.19. The lowest BCUT2D eigenvalue weighted by Gasteiger charge is -2.09. The molecular weight excluding hydrogens is 238 g/mol. The number of nitrogens with zero attached hydrogens (tertiary/aromatic N) is 1. The summed E-state index contributed by atoms with van der Waals surface area (Å²) < 4.78 is 0. The summed E-state index contributed by atoms with van der Waals surface area (Å²) in [7, 11) is 0. The Morgan fingerprint density at radius 1 is 1.47 bits per heavy atom. The summed E-state index contributed by atoms with van der Waals surface area (Å²) in [6, 6.07) is 3.64. The lowest BCUT2D eigenvalue weighted by Crippen LogP contribution is -2.26. The van der Waals surface area contributed by atoms with Crippen LogP contribution < -0.4 is 10.6 Å². The fraction of sp³-hybridized carbons (Fsp3) is 0.600. The number of aryl methyl sites for hydroxylation is 1. The zero-order valence-electron chi connectivity index (χ0n) is 12.2. The zero-order valence-corrected chi connectivity index (χ0v) is 12.2. The van der Waals surface area contributed by atoms with Gasteiger partial charge in [-0.05, 0) is 43.7 Å². The van der Waals surface area contributed by atoms with Crippen LogP contribution in [0.1, 0.15) is 43.2 Å². The standard InChI is InChI=1S/C15H23N3O/c1-5-16-13-7-11(6-10(2)18-13)14(19)17-9-12-8-15(12,3)4/h6-7,12H,5,8-9H2,1-4H3,(H,16,18)(H,17,19). The first kappa shape index (κ1) is 13.8. The molecule has 4 heteroatoms. The summed E-state index contributed by atoms with van der Waals surface area (Å²) in [6.45, 7) is 9.96. The van der Waals surface area contributed by atoms with Gasteiger partial charge in [-0.15, -0.1) is 0 Å². The lowest BCUT2D eigenvalue weighted by atomic mass is 10.1. The van der Waals surface area contributed by atoms with Crippen LogP contribution in [0.4, 0.5) is 5.82 Å². The number of hydrogen-bond acceptors (Lipinski definition) is 3. The number of carbonyl (C=O) groups is 1. The molecule has 1 fully saturated rings. The second-order valence-corrected chi connectivity index (χ2v) is 6.01. The van der Waals surface area contributed by atoms with E-state index in [-0.39, 0.29) is 5.91 Å². The minimum absolute atomic E-state index is 0.00708. The maximum atomic E-state index is 12.1. The fourth-order valence-corrected chi connectivity index (χ4v) is 2.31. The predicted molar refractivity (Wildman–Crippen MR) is 77.4 cm³/mol. The van der Waals surface area contributed by atoms with Gasteiger partial charge in [0.25, 0.3) is 5.91 Å². The van der Waals surface area contributed by atoms with Crippen LogP contribution in [0.25, 0.3) is 0 Å². The fourth-order valence-electron chi connectivity index (χ4n) is 2.31. The van der Waals surface area contributed by atoms with Crippen molar-refractivity contribution in [3.63, 3.8) is 0 Å². The van der Waals surface area contributed by atoms with Gasteiger partial charge in [-0.3, -0.25) is 4.79 Å². The van der Waals surface area contributed by atoms with E-state index in [2.05, 4.69) is 29.5 Å². The first-order valence-electron chi connectivity index (χ1n) is 6.93. The van der Waals surface area contributed by atoms with Crippen LogP contribution in [0.3, 0.4) is 0 Å². The normalized spacial score (nSPS) is 19.9. The Kier molecular flexibility index (Phi) is 3.78. The smallest absolute Gasteiger partial charge is 0.251 e. The summed E-state index contributed by atoms with van der Waals surface area (Å²) in [4.78, 5) is 16.5. The number of pyridine rings is 1. The highest BCUT2D eigenvalue weighted by Crippen LogP contribution is 2.50. The highest BCUT2D eigenvalue weighted by molar-refractivity contribution is 5.95. The van der Waals surface area contributed by atoms with E-state index >= 15 is 0 Å². The van der Waals surface area contributed by atoms with Crippen LogP contribution in [0.2, 0.25) is 0 Å². The molecule has 1 unspecified atom stereocenters. The molecule has 2 rings (SSSR count). The highest BCUT2D eigenvalue weighted by atomic mass is 16.1. The quantitative estimate of drug-likeness (QED) is 0.856. The Bertz CT molecular complexity index is 482. The first-order valence-corrected chi connectivity index (χ1v) is 6.93. The number of carbonyl (C=O) groups excluding carboxylic acids is 1. The maximum absolute atomic E-state index is 12.1. The summed E-state index contributed by atoms with van der Waals surface area (Å²) in [5.74, 6) is 1.37. The van der Waals surface area contributed by atoms with Gasteiger partial charge < -0.3 is 10.6 Å². The Balaban J connectivity index is 1.98. The van der Waals surface area contributed by atoms with E-state index in [9.17, 15) is 4.79 Å². The number of hydrogen-bond donors (Lipinski definition) is 2. The van der Waals surface area contributed by atoms with Crippen molar-refractivity contribution < 1.29 is 4.79 Å². The minimum atomic E-state index is -0.00708. The monoisotopic (exact) mass is 261 g/mol. The van der Waals surface area contributed by atoms with Gasteiger partial charge in [0, 0.05) is 24.3 Å². The molecule has 0 spiro atoms. The molecule has 104 valence electrons. The Labute approximate surface area is 115 Å². The molecule has 0 radical (unpaired) electrons. The van der Waals surface area contributed by atoms with Crippen LogP contribution in [0, 0.1) is 18.3 Å². The van der Waals surface area contributed by atoms with E-state index in [0.29, 0.717) is 16.9 Å². The summed E-state index contributed by atoms with van der Waals surface area (Å²) in [6.07, 6.45) is 1.20. The minimum Gasteiger partial charge on any atom is -0.370 e. The lowest BCUT2D eigenvalue weighted by molar-refractivity contribution is 0.0950. The molecule has 1 heterocycles. The van der Waals surface area contributed by atoms with Crippen molar-refractivity contribution in [1.82, 2.24) is 10.3 Å². The molecule has 1 saturated carbocycles. The number of rotatable bonds is 5. The van der Waals surface area contributed by atoms with E-state index in [4.69, 9.17) is 0 Å². The van der Waals surface area contributed by atoms with Crippen molar-refractivity contribution in [1.29, 1.82) is 0 Å². The van der Waals surface area contributed by atoms with Crippen molar-refractivity contribution in [2.75, 3.05) is 18.4 Å². The molecule has 1 aromatic heterocycles.